The van der Waals surface area contributed by atoms with E-state index in [2.05, 4.69) is 133 Å². The van der Waals surface area contributed by atoms with Gasteiger partial charge in [0.1, 0.15) is 0 Å². The lowest BCUT2D eigenvalue weighted by Crippen LogP contribution is -2.46. The highest BCUT2D eigenvalue weighted by Crippen LogP contribution is 2.51. The number of aliphatic imine (C=N–C) groups is 1. The van der Waals surface area contributed by atoms with Gasteiger partial charge >= 0.3 is 0 Å². The van der Waals surface area contributed by atoms with E-state index in [1.807, 2.05) is 42.5 Å². The first-order chi connectivity index (χ1) is 22.7. The molecule has 6 aromatic carbocycles. The van der Waals surface area contributed by atoms with Crippen LogP contribution in [0.1, 0.15) is 22.6 Å². The number of allylic oxidation sites excluding steroid dienone is 4. The van der Waals surface area contributed by atoms with E-state index in [1.54, 1.807) is 0 Å². The third kappa shape index (κ3) is 4.65. The third-order valence-corrected chi connectivity index (χ3v) is 9.15. The maximum atomic E-state index is 7.20. The fourth-order valence-corrected chi connectivity index (χ4v) is 7.11. The molecule has 0 bridgehead atoms. The predicted octanol–water partition coefficient (Wildman–Crippen LogP) is 10.1. The molecule has 6 aromatic rings. The maximum absolute atomic E-state index is 7.20. The van der Waals surface area contributed by atoms with Gasteiger partial charge in [0.2, 0.25) is 5.96 Å². The molecule has 8 rings (SSSR count). The minimum Gasteiger partial charge on any atom is -0.369 e. The molecule has 0 amide bonds. The summed E-state index contributed by atoms with van der Waals surface area (Å²) in [6.07, 6.45) is 10.9. The van der Waals surface area contributed by atoms with Gasteiger partial charge in [-0.3, -0.25) is 0 Å². The van der Waals surface area contributed by atoms with E-state index in [0.717, 1.165) is 33.6 Å². The van der Waals surface area contributed by atoms with Gasteiger partial charge in [-0.2, -0.15) is 0 Å². The second kappa shape index (κ2) is 11.5. The number of anilines is 1. The minimum absolute atomic E-state index is 0.0408. The van der Waals surface area contributed by atoms with Crippen molar-refractivity contribution in [1.82, 2.24) is 0 Å². The Hall–Kier alpha value is -5.93. The Kier molecular flexibility index (Phi) is 6.92. The van der Waals surface area contributed by atoms with Crippen molar-refractivity contribution in [3.8, 4) is 11.1 Å². The smallest absolute Gasteiger partial charge is 0.201 e. The van der Waals surface area contributed by atoms with Gasteiger partial charge in [-0.05, 0) is 56.0 Å². The monoisotopic (exact) mass is 591 g/mol. The molecule has 1 heterocycles. The van der Waals surface area contributed by atoms with Crippen LogP contribution >= 0.6 is 0 Å². The molecule has 3 nitrogen and oxygen atoms in total. The highest BCUT2D eigenvalue weighted by atomic mass is 15.3. The van der Waals surface area contributed by atoms with E-state index >= 15 is 0 Å². The number of guanidine groups is 1. The molecule has 1 aliphatic heterocycles. The lowest BCUT2D eigenvalue weighted by atomic mass is 9.79. The molecule has 0 fully saturated rings. The van der Waals surface area contributed by atoms with Crippen LogP contribution in [0.5, 0.6) is 0 Å². The number of hydrogen-bond donors (Lipinski definition) is 1. The van der Waals surface area contributed by atoms with Gasteiger partial charge < -0.3 is 10.6 Å². The molecule has 0 spiro atoms. The lowest BCUT2D eigenvalue weighted by Gasteiger charge is -2.35. The molecule has 0 radical (unpaired) electrons. The van der Waals surface area contributed by atoms with Crippen LogP contribution < -0.4 is 10.6 Å². The summed E-state index contributed by atoms with van der Waals surface area (Å²) in [5.41, 5.74) is 15.6. The number of para-hydroxylation sites is 1. The Labute approximate surface area is 269 Å². The number of nitrogens with zero attached hydrogens (tertiary/aromatic N) is 2. The van der Waals surface area contributed by atoms with Gasteiger partial charge in [0.25, 0.3) is 0 Å². The lowest BCUT2D eigenvalue weighted by molar-refractivity contribution is 0.710. The normalized spacial score (nSPS) is 17.3. The van der Waals surface area contributed by atoms with Crippen LogP contribution in [0.25, 0.3) is 43.9 Å². The van der Waals surface area contributed by atoms with Crippen LogP contribution in [0.3, 0.4) is 0 Å². The predicted molar refractivity (Wildman–Crippen MR) is 196 cm³/mol. The fourth-order valence-electron chi connectivity index (χ4n) is 7.11. The molecular formula is C43H33N3. The summed E-state index contributed by atoms with van der Waals surface area (Å²) < 4.78 is 0. The zero-order chi connectivity index (χ0) is 31.0. The topological polar surface area (TPSA) is 41.6 Å². The van der Waals surface area contributed by atoms with Crippen LogP contribution in [0.4, 0.5) is 5.69 Å². The number of nitrogens with two attached hydrogens (primary N) is 1. The van der Waals surface area contributed by atoms with E-state index < -0.39 is 0 Å². The van der Waals surface area contributed by atoms with Crippen LogP contribution in [0.15, 0.2) is 175 Å². The van der Waals surface area contributed by atoms with Gasteiger partial charge in [0, 0.05) is 17.0 Å². The molecule has 2 atom stereocenters. The van der Waals surface area contributed by atoms with Gasteiger partial charge in [-0.15, -0.1) is 0 Å². The number of fused-ring (bicyclic) bond motifs is 10. The Bertz CT molecular complexity index is 2240. The first kappa shape index (κ1) is 27.6. The van der Waals surface area contributed by atoms with Crippen LogP contribution in [-0.2, 0) is 0 Å². The molecule has 2 aliphatic rings. The van der Waals surface area contributed by atoms with Gasteiger partial charge in [-0.25, -0.2) is 4.99 Å². The third-order valence-electron chi connectivity index (χ3n) is 9.15. The van der Waals surface area contributed by atoms with E-state index in [0.29, 0.717) is 5.96 Å². The van der Waals surface area contributed by atoms with Crippen LogP contribution in [-0.4, -0.2) is 12.0 Å². The van der Waals surface area contributed by atoms with E-state index in [1.165, 1.54) is 32.7 Å². The van der Waals surface area contributed by atoms with Gasteiger partial charge in [-0.1, -0.05) is 158 Å². The summed E-state index contributed by atoms with van der Waals surface area (Å²) in [5, 5.41) is 5.02. The van der Waals surface area contributed by atoms with Crippen molar-refractivity contribution in [2.45, 2.75) is 12.0 Å². The molecule has 2 N–H and O–H groups in total. The highest BCUT2D eigenvalue weighted by Gasteiger charge is 2.37. The number of benzene rings is 6. The molecule has 0 saturated carbocycles. The molecule has 2 unspecified atom stereocenters. The first-order valence-corrected chi connectivity index (χ1v) is 15.7. The van der Waals surface area contributed by atoms with Crippen molar-refractivity contribution in [1.29, 1.82) is 0 Å². The Morgan fingerprint density at radius 3 is 1.93 bits per heavy atom. The Balaban J connectivity index is 1.38. The standard InChI is InChI=1S/C43H33N3/c1-29(30-16-4-2-5-17-30)28-38(31-18-6-3-7-19-31)45-43(44)46-39-26-14-12-24-36(39)41-34-22-10-8-20-32(34)33-21-9-11-23-35(33)42(41)37-25-13-15-27-40(37)46/h2-28,36,39H,1H2,(H2,44,45)/b38-28-. The summed E-state index contributed by atoms with van der Waals surface area (Å²) in [6.45, 7) is 4.39. The van der Waals surface area contributed by atoms with Crippen molar-refractivity contribution in [3.05, 3.63) is 187 Å². The average Bonchev–Trinajstić information content (AvgIpc) is 3.25. The fraction of sp³-hybridized carbons (Fsp3) is 0.0465. The van der Waals surface area contributed by atoms with Crippen molar-refractivity contribution in [2.24, 2.45) is 10.7 Å². The Morgan fingerprint density at radius 1 is 0.630 bits per heavy atom. The van der Waals surface area contributed by atoms with Gasteiger partial charge in [0.15, 0.2) is 0 Å². The zero-order valence-electron chi connectivity index (χ0n) is 25.4. The van der Waals surface area contributed by atoms with E-state index in [4.69, 9.17) is 10.7 Å². The van der Waals surface area contributed by atoms with Crippen molar-refractivity contribution in [2.75, 3.05) is 4.90 Å². The maximum Gasteiger partial charge on any atom is 0.201 e. The van der Waals surface area contributed by atoms with Crippen molar-refractivity contribution >= 4 is 44.5 Å². The summed E-state index contributed by atoms with van der Waals surface area (Å²) in [7, 11) is 0. The second-order valence-corrected chi connectivity index (χ2v) is 11.8. The quantitative estimate of drug-likeness (QED) is 0.0959. The van der Waals surface area contributed by atoms with Crippen molar-refractivity contribution in [3.63, 3.8) is 0 Å². The molecule has 0 saturated heterocycles. The Morgan fingerprint density at radius 2 is 1.20 bits per heavy atom. The molecule has 3 heteroatoms. The summed E-state index contributed by atoms with van der Waals surface area (Å²) in [5.74, 6) is 0.471. The summed E-state index contributed by atoms with van der Waals surface area (Å²) in [4.78, 5) is 7.45. The minimum atomic E-state index is -0.0879. The van der Waals surface area contributed by atoms with Crippen LogP contribution in [0.2, 0.25) is 0 Å². The zero-order valence-corrected chi connectivity index (χ0v) is 25.4. The summed E-state index contributed by atoms with van der Waals surface area (Å²) in [6, 6.07) is 46.5. The molecule has 1 aliphatic carbocycles. The van der Waals surface area contributed by atoms with Crippen LogP contribution in [0, 0.1) is 0 Å². The van der Waals surface area contributed by atoms with E-state index in [9.17, 15) is 0 Å². The molecule has 220 valence electrons. The van der Waals surface area contributed by atoms with Gasteiger partial charge in [0.05, 0.1) is 17.4 Å². The van der Waals surface area contributed by atoms with E-state index in [-0.39, 0.29) is 12.0 Å². The average molecular weight is 592 g/mol. The molecular weight excluding hydrogens is 558 g/mol. The number of hydrogen-bond acceptors (Lipinski definition) is 1. The largest absolute Gasteiger partial charge is 0.369 e. The molecule has 46 heavy (non-hydrogen) atoms. The second-order valence-electron chi connectivity index (χ2n) is 11.8. The van der Waals surface area contributed by atoms with Crippen molar-refractivity contribution < 1.29 is 0 Å². The summed E-state index contributed by atoms with van der Waals surface area (Å²) >= 11 is 0. The molecule has 0 aromatic heterocycles. The highest BCUT2D eigenvalue weighted by molar-refractivity contribution is 6.18. The first-order valence-electron chi connectivity index (χ1n) is 15.7. The SMILES string of the molecule is C=C(/C=C(\N=C(/N)N1c2ccccc2-c2c(c3ccccc3c3ccccc23)C2C=CC=CC21)c1ccccc1)c1ccccc1. The number of rotatable bonds is 4.